The van der Waals surface area contributed by atoms with E-state index in [0.717, 1.165) is 19.4 Å². The van der Waals surface area contributed by atoms with Crippen molar-refractivity contribution in [3.8, 4) is 0 Å². The zero-order valence-electron chi connectivity index (χ0n) is 8.26. The fraction of sp³-hybridized carbons (Fsp3) is 0.636. The summed E-state index contributed by atoms with van der Waals surface area (Å²) in [5.74, 6) is 0. The average Bonchev–Trinajstić information content (AvgIpc) is 2.34. The summed E-state index contributed by atoms with van der Waals surface area (Å²) in [6, 6.07) is 0. The molecule has 0 saturated heterocycles. The maximum absolute atomic E-state index is 5.57. The molecule has 0 aliphatic heterocycles. The molecule has 0 spiro atoms. The van der Waals surface area contributed by atoms with Gasteiger partial charge in [0.15, 0.2) is 0 Å². The van der Waals surface area contributed by atoms with Crippen LogP contribution in [0.3, 0.4) is 0 Å². The molecule has 0 radical (unpaired) electrons. The predicted octanol–water partition coefficient (Wildman–Crippen LogP) is 3.08. The van der Waals surface area contributed by atoms with Gasteiger partial charge in [-0.05, 0) is 39.2 Å². The highest BCUT2D eigenvalue weighted by Crippen LogP contribution is 2.28. The first-order chi connectivity index (χ1) is 5.77. The molecule has 0 aromatic heterocycles. The zero-order valence-corrected chi connectivity index (χ0v) is 8.26. The van der Waals surface area contributed by atoms with Crippen LogP contribution in [0.4, 0.5) is 0 Å². The van der Waals surface area contributed by atoms with Crippen molar-refractivity contribution in [2.45, 2.75) is 39.7 Å². The first-order valence-electron chi connectivity index (χ1n) is 4.70. The Morgan fingerprint density at radius 1 is 1.50 bits per heavy atom. The molecule has 1 aliphatic carbocycles. The van der Waals surface area contributed by atoms with Gasteiger partial charge in [-0.2, -0.15) is 0 Å². The van der Waals surface area contributed by atoms with Crippen LogP contribution in [0.15, 0.2) is 23.3 Å². The standard InChI is InChI=1S/C11H18O/c1-4-6-10-8-11(12-5-2)7-9(10)3/h4,6,11H,5,7-8H2,1-3H3/b6-4-. The summed E-state index contributed by atoms with van der Waals surface area (Å²) in [6.45, 7) is 7.16. The lowest BCUT2D eigenvalue weighted by atomic mass is 10.2. The predicted molar refractivity (Wildman–Crippen MR) is 52.2 cm³/mol. The molecule has 1 rings (SSSR count). The van der Waals surface area contributed by atoms with Crippen molar-refractivity contribution in [3.63, 3.8) is 0 Å². The number of allylic oxidation sites excluding steroid dienone is 2. The SMILES string of the molecule is C/C=C\C1=C(C)CC(OCC)C1. The van der Waals surface area contributed by atoms with Crippen molar-refractivity contribution in [3.05, 3.63) is 23.3 Å². The molecule has 68 valence electrons. The summed E-state index contributed by atoms with van der Waals surface area (Å²) in [4.78, 5) is 0. The molecule has 1 heteroatoms. The van der Waals surface area contributed by atoms with Crippen molar-refractivity contribution in [1.29, 1.82) is 0 Å². The average molecular weight is 166 g/mol. The molecule has 0 heterocycles. The van der Waals surface area contributed by atoms with E-state index in [1.165, 1.54) is 11.1 Å². The highest BCUT2D eigenvalue weighted by atomic mass is 16.5. The Balaban J connectivity index is 2.49. The molecule has 1 unspecified atom stereocenters. The molecule has 0 N–H and O–H groups in total. The van der Waals surface area contributed by atoms with Crippen LogP contribution in [0.5, 0.6) is 0 Å². The summed E-state index contributed by atoms with van der Waals surface area (Å²) in [7, 11) is 0. The molecule has 0 aromatic rings. The summed E-state index contributed by atoms with van der Waals surface area (Å²) in [5, 5.41) is 0. The van der Waals surface area contributed by atoms with Gasteiger partial charge in [0.2, 0.25) is 0 Å². The van der Waals surface area contributed by atoms with Crippen molar-refractivity contribution in [1.82, 2.24) is 0 Å². The van der Waals surface area contributed by atoms with Gasteiger partial charge in [-0.25, -0.2) is 0 Å². The van der Waals surface area contributed by atoms with Crippen LogP contribution in [-0.2, 0) is 4.74 Å². The van der Waals surface area contributed by atoms with Gasteiger partial charge < -0.3 is 4.74 Å². The third-order valence-electron chi connectivity index (χ3n) is 2.30. The second kappa shape index (κ2) is 4.46. The van der Waals surface area contributed by atoms with Crippen molar-refractivity contribution < 1.29 is 4.74 Å². The molecule has 1 aliphatic rings. The molecule has 12 heavy (non-hydrogen) atoms. The first-order valence-corrected chi connectivity index (χ1v) is 4.70. The highest BCUT2D eigenvalue weighted by Gasteiger charge is 2.19. The minimum Gasteiger partial charge on any atom is -0.378 e. The van der Waals surface area contributed by atoms with Crippen LogP contribution in [0, 0.1) is 0 Å². The minimum atomic E-state index is 0.446. The van der Waals surface area contributed by atoms with E-state index in [0.29, 0.717) is 6.10 Å². The van der Waals surface area contributed by atoms with Gasteiger partial charge in [0, 0.05) is 6.61 Å². The van der Waals surface area contributed by atoms with Gasteiger partial charge in [0.05, 0.1) is 6.10 Å². The summed E-state index contributed by atoms with van der Waals surface area (Å²) in [6.07, 6.45) is 6.97. The van der Waals surface area contributed by atoms with Crippen LogP contribution in [-0.4, -0.2) is 12.7 Å². The highest BCUT2D eigenvalue weighted by molar-refractivity contribution is 5.30. The quantitative estimate of drug-likeness (QED) is 0.626. The van der Waals surface area contributed by atoms with E-state index in [9.17, 15) is 0 Å². The van der Waals surface area contributed by atoms with E-state index in [1.807, 2.05) is 0 Å². The number of hydrogen-bond donors (Lipinski definition) is 0. The van der Waals surface area contributed by atoms with Crippen LogP contribution in [0.2, 0.25) is 0 Å². The van der Waals surface area contributed by atoms with Crippen molar-refractivity contribution in [2.75, 3.05) is 6.61 Å². The van der Waals surface area contributed by atoms with Gasteiger partial charge in [0.25, 0.3) is 0 Å². The largest absolute Gasteiger partial charge is 0.378 e. The molecule has 0 amide bonds. The Hall–Kier alpha value is -0.560. The van der Waals surface area contributed by atoms with Gasteiger partial charge >= 0.3 is 0 Å². The monoisotopic (exact) mass is 166 g/mol. The molecular weight excluding hydrogens is 148 g/mol. The van der Waals surface area contributed by atoms with Gasteiger partial charge in [-0.1, -0.05) is 17.7 Å². The molecule has 0 fully saturated rings. The van der Waals surface area contributed by atoms with Gasteiger partial charge in [-0.15, -0.1) is 0 Å². The smallest absolute Gasteiger partial charge is 0.0652 e. The zero-order chi connectivity index (χ0) is 8.97. The summed E-state index contributed by atoms with van der Waals surface area (Å²) >= 11 is 0. The van der Waals surface area contributed by atoms with E-state index in [-0.39, 0.29) is 0 Å². The van der Waals surface area contributed by atoms with Crippen LogP contribution in [0.1, 0.15) is 33.6 Å². The fourth-order valence-electron chi connectivity index (χ4n) is 1.73. The van der Waals surface area contributed by atoms with Crippen LogP contribution in [0.25, 0.3) is 0 Å². The Kier molecular flexibility index (Phi) is 3.54. The van der Waals surface area contributed by atoms with E-state index < -0.39 is 0 Å². The fourth-order valence-corrected chi connectivity index (χ4v) is 1.73. The lowest BCUT2D eigenvalue weighted by Crippen LogP contribution is -2.07. The summed E-state index contributed by atoms with van der Waals surface area (Å²) < 4.78 is 5.57. The van der Waals surface area contributed by atoms with Crippen molar-refractivity contribution in [2.24, 2.45) is 0 Å². The van der Waals surface area contributed by atoms with E-state index in [2.05, 4.69) is 32.9 Å². The topological polar surface area (TPSA) is 9.23 Å². The number of ether oxygens (including phenoxy) is 1. The van der Waals surface area contributed by atoms with E-state index in [1.54, 1.807) is 0 Å². The Morgan fingerprint density at radius 2 is 2.25 bits per heavy atom. The maximum atomic E-state index is 5.57. The third kappa shape index (κ3) is 2.21. The van der Waals surface area contributed by atoms with Gasteiger partial charge in [-0.3, -0.25) is 0 Å². The maximum Gasteiger partial charge on any atom is 0.0652 e. The van der Waals surface area contributed by atoms with Crippen LogP contribution >= 0.6 is 0 Å². The van der Waals surface area contributed by atoms with E-state index >= 15 is 0 Å². The summed E-state index contributed by atoms with van der Waals surface area (Å²) in [5.41, 5.74) is 2.96. The lowest BCUT2D eigenvalue weighted by molar-refractivity contribution is 0.0708. The Morgan fingerprint density at radius 3 is 2.83 bits per heavy atom. The van der Waals surface area contributed by atoms with Crippen LogP contribution < -0.4 is 0 Å². The molecule has 1 nitrogen and oxygen atoms in total. The first kappa shape index (κ1) is 9.53. The third-order valence-corrected chi connectivity index (χ3v) is 2.30. The molecule has 0 saturated carbocycles. The molecule has 1 atom stereocenters. The second-order valence-corrected chi connectivity index (χ2v) is 3.29. The molecular formula is C11H18O. The molecule has 0 bridgehead atoms. The molecule has 0 aromatic carbocycles. The van der Waals surface area contributed by atoms with E-state index in [4.69, 9.17) is 4.74 Å². The number of rotatable bonds is 3. The lowest BCUT2D eigenvalue weighted by Gasteiger charge is -2.08. The Labute approximate surface area is 75.1 Å². The second-order valence-electron chi connectivity index (χ2n) is 3.29. The van der Waals surface area contributed by atoms with Gasteiger partial charge in [0.1, 0.15) is 0 Å². The van der Waals surface area contributed by atoms with Crippen molar-refractivity contribution >= 4 is 0 Å². The minimum absolute atomic E-state index is 0.446. The number of hydrogen-bond acceptors (Lipinski definition) is 1. The normalized spacial score (nSPS) is 24.4. The Bertz CT molecular complexity index is 201.